The molecule has 0 fully saturated rings. The second kappa shape index (κ2) is 7.55. The number of urea groups is 1. The fraction of sp³-hybridized carbons (Fsp3) is 0.350. The number of thiazole rings is 1. The van der Waals surface area contributed by atoms with Crippen molar-refractivity contribution >= 4 is 50.9 Å². The third-order valence-electron chi connectivity index (χ3n) is 4.61. The highest BCUT2D eigenvalue weighted by Crippen LogP contribution is 2.30. The second-order valence-electron chi connectivity index (χ2n) is 8.23. The third-order valence-corrected chi connectivity index (χ3v) is 5.92. The molecule has 4 rings (SSSR count). The number of nitrogens with zero attached hydrogens (tertiary/aromatic N) is 2. The monoisotopic (exact) mass is 449 g/mol. The number of fused-ring (bicyclic) bond motifs is 2. The molecule has 1 aliphatic rings. The van der Waals surface area contributed by atoms with E-state index in [0.717, 1.165) is 10.6 Å². The minimum absolute atomic E-state index is 0.193. The topological polar surface area (TPSA) is 90.1 Å². The Morgan fingerprint density at radius 1 is 1.30 bits per heavy atom. The van der Waals surface area contributed by atoms with E-state index in [1.807, 2.05) is 20.8 Å². The molecule has 0 aliphatic carbocycles. The molecule has 3 N–H and O–H groups in total. The lowest BCUT2D eigenvalue weighted by molar-refractivity contribution is 0.0731. The molecule has 3 aromatic rings. The lowest BCUT2D eigenvalue weighted by Crippen LogP contribution is -2.43. The van der Waals surface area contributed by atoms with Gasteiger partial charge in [0.05, 0.1) is 22.8 Å². The first-order valence-corrected chi connectivity index (χ1v) is 10.6. The normalized spacial score (nSPS) is 14.0. The second-order valence-corrected chi connectivity index (χ2v) is 9.72. The van der Waals surface area contributed by atoms with Crippen LogP contribution in [0.15, 0.2) is 18.2 Å². The van der Waals surface area contributed by atoms with Gasteiger partial charge in [-0.2, -0.15) is 0 Å². The zero-order valence-corrected chi connectivity index (χ0v) is 18.3. The Labute approximate surface area is 181 Å². The fourth-order valence-electron chi connectivity index (χ4n) is 3.34. The number of rotatable bonds is 2. The molecular weight excluding hydrogens is 429 g/mol. The number of hydrogen-bond donors (Lipinski definition) is 3. The van der Waals surface area contributed by atoms with Crippen molar-refractivity contribution in [2.24, 2.45) is 0 Å². The highest BCUT2D eigenvalue weighted by atomic mass is 35.5. The number of benzene rings is 1. The average molecular weight is 450 g/mol. The minimum atomic E-state index is -0.462. The van der Waals surface area contributed by atoms with E-state index >= 15 is 0 Å². The van der Waals surface area contributed by atoms with Crippen LogP contribution >= 0.6 is 22.9 Å². The lowest BCUT2D eigenvalue weighted by Gasteiger charge is -2.25. The number of anilines is 1. The molecule has 0 spiro atoms. The van der Waals surface area contributed by atoms with Crippen molar-refractivity contribution in [3.8, 4) is 0 Å². The van der Waals surface area contributed by atoms with Gasteiger partial charge in [-0.3, -0.25) is 10.1 Å². The summed E-state index contributed by atoms with van der Waals surface area (Å²) in [6, 6.07) is 3.87. The van der Waals surface area contributed by atoms with Crippen LogP contribution in [0.2, 0.25) is 5.02 Å². The number of hydrogen-bond acceptors (Lipinski definition) is 4. The van der Waals surface area contributed by atoms with Crippen molar-refractivity contribution in [2.45, 2.75) is 39.3 Å². The summed E-state index contributed by atoms with van der Waals surface area (Å²) >= 11 is 7.44. The largest absolute Gasteiger partial charge is 0.350 e. The van der Waals surface area contributed by atoms with Gasteiger partial charge in [0.15, 0.2) is 5.13 Å². The molecule has 2 aromatic heterocycles. The van der Waals surface area contributed by atoms with E-state index in [9.17, 15) is 14.0 Å². The molecule has 10 heteroatoms. The molecule has 1 aromatic carbocycles. The molecule has 0 saturated heterocycles. The molecular formula is C20H21ClFN5O2S. The summed E-state index contributed by atoms with van der Waals surface area (Å²) in [5.74, 6) is -0.655. The summed E-state index contributed by atoms with van der Waals surface area (Å²) in [7, 11) is 0. The van der Waals surface area contributed by atoms with Gasteiger partial charge < -0.3 is 15.2 Å². The smallest absolute Gasteiger partial charge is 0.321 e. The Balaban J connectivity index is 1.49. The third kappa shape index (κ3) is 4.27. The van der Waals surface area contributed by atoms with Crippen LogP contribution in [-0.4, -0.2) is 38.9 Å². The van der Waals surface area contributed by atoms with Crippen LogP contribution in [0.3, 0.4) is 0 Å². The Bertz CT molecular complexity index is 1150. The summed E-state index contributed by atoms with van der Waals surface area (Å²) in [5.41, 5.74) is 1.37. The number of aromatic nitrogens is 2. The van der Waals surface area contributed by atoms with E-state index in [-0.39, 0.29) is 22.5 Å². The molecule has 0 radical (unpaired) electrons. The van der Waals surface area contributed by atoms with Gasteiger partial charge in [-0.1, -0.05) is 22.9 Å². The maximum absolute atomic E-state index is 13.6. The van der Waals surface area contributed by atoms with Gasteiger partial charge in [0.1, 0.15) is 11.5 Å². The van der Waals surface area contributed by atoms with Crippen LogP contribution in [-0.2, 0) is 13.0 Å². The Kier molecular flexibility index (Phi) is 5.19. The highest BCUT2D eigenvalue weighted by Gasteiger charge is 2.27. The quantitative estimate of drug-likeness (QED) is 0.536. The van der Waals surface area contributed by atoms with Gasteiger partial charge in [-0.15, -0.1) is 0 Å². The van der Waals surface area contributed by atoms with Crippen molar-refractivity contribution in [1.82, 2.24) is 20.2 Å². The number of amides is 3. The zero-order chi connectivity index (χ0) is 21.6. The van der Waals surface area contributed by atoms with E-state index < -0.39 is 5.82 Å². The summed E-state index contributed by atoms with van der Waals surface area (Å²) in [4.78, 5) is 35.1. The Morgan fingerprint density at radius 2 is 2.07 bits per heavy atom. The minimum Gasteiger partial charge on any atom is -0.350 e. The zero-order valence-electron chi connectivity index (χ0n) is 16.7. The van der Waals surface area contributed by atoms with Crippen LogP contribution in [0.1, 0.15) is 41.8 Å². The van der Waals surface area contributed by atoms with Crippen molar-refractivity contribution in [3.05, 3.63) is 45.3 Å². The number of H-pyrrole nitrogens is 1. The fourth-order valence-corrected chi connectivity index (χ4v) is 4.62. The molecule has 3 heterocycles. The lowest BCUT2D eigenvalue weighted by atomic mass is 10.1. The molecule has 3 amide bonds. The molecule has 0 bridgehead atoms. The predicted octanol–water partition coefficient (Wildman–Crippen LogP) is 4.54. The van der Waals surface area contributed by atoms with Crippen LogP contribution in [0.5, 0.6) is 0 Å². The first-order chi connectivity index (χ1) is 14.1. The molecule has 30 heavy (non-hydrogen) atoms. The Morgan fingerprint density at radius 3 is 2.80 bits per heavy atom. The van der Waals surface area contributed by atoms with Crippen LogP contribution < -0.4 is 10.6 Å². The summed E-state index contributed by atoms with van der Waals surface area (Å²) in [5, 5.41) is 6.95. The van der Waals surface area contributed by atoms with E-state index in [4.69, 9.17) is 11.6 Å². The maximum atomic E-state index is 13.6. The van der Waals surface area contributed by atoms with Crippen LogP contribution in [0.25, 0.3) is 10.9 Å². The van der Waals surface area contributed by atoms with Gasteiger partial charge in [0, 0.05) is 28.8 Å². The summed E-state index contributed by atoms with van der Waals surface area (Å²) in [6.07, 6.45) is 0.593. The molecule has 158 valence electrons. The highest BCUT2D eigenvalue weighted by molar-refractivity contribution is 7.15. The number of carbonyl (C=O) groups excluding carboxylic acids is 2. The van der Waals surface area contributed by atoms with Gasteiger partial charge in [0.25, 0.3) is 5.91 Å². The van der Waals surface area contributed by atoms with Crippen molar-refractivity contribution in [3.63, 3.8) is 0 Å². The molecule has 1 aliphatic heterocycles. The van der Waals surface area contributed by atoms with E-state index in [0.29, 0.717) is 41.2 Å². The van der Waals surface area contributed by atoms with Crippen LogP contribution in [0, 0.1) is 5.82 Å². The summed E-state index contributed by atoms with van der Waals surface area (Å²) < 4.78 is 13.6. The number of carbonyl (C=O) groups is 2. The van der Waals surface area contributed by atoms with E-state index in [1.54, 1.807) is 11.0 Å². The number of halogens is 2. The Hall–Kier alpha value is -2.65. The van der Waals surface area contributed by atoms with Crippen molar-refractivity contribution in [2.75, 3.05) is 11.9 Å². The van der Waals surface area contributed by atoms with Gasteiger partial charge in [0.2, 0.25) is 0 Å². The summed E-state index contributed by atoms with van der Waals surface area (Å²) in [6.45, 7) is 6.59. The SMILES string of the molecule is CC(C)(C)NC(=O)Nc1nc2c(s1)CN(C(=O)c1cc3c(Cl)cc(F)cc3[nH]1)CC2. The van der Waals surface area contributed by atoms with E-state index in [2.05, 4.69) is 20.6 Å². The maximum Gasteiger partial charge on any atom is 0.321 e. The van der Waals surface area contributed by atoms with Gasteiger partial charge >= 0.3 is 6.03 Å². The first-order valence-electron chi connectivity index (χ1n) is 9.44. The number of nitrogens with one attached hydrogen (secondary N) is 3. The average Bonchev–Trinajstić information content (AvgIpc) is 3.22. The van der Waals surface area contributed by atoms with Gasteiger partial charge in [-0.25, -0.2) is 14.2 Å². The van der Waals surface area contributed by atoms with Crippen molar-refractivity contribution < 1.29 is 14.0 Å². The first kappa shape index (κ1) is 20.6. The molecule has 0 atom stereocenters. The van der Waals surface area contributed by atoms with Crippen molar-refractivity contribution in [1.29, 1.82) is 0 Å². The molecule has 0 saturated carbocycles. The molecule has 0 unspecified atom stereocenters. The predicted molar refractivity (Wildman–Crippen MR) is 116 cm³/mol. The standard InChI is InChI=1S/C20H21ClFN5O2S/c1-20(2,3)26-18(29)25-19-24-13-4-5-27(9-16(13)30-19)17(28)15-8-11-12(21)6-10(22)7-14(11)23-15/h6-8,23H,4-5,9H2,1-3H3,(H2,24,25,26,29). The van der Waals surface area contributed by atoms with Gasteiger partial charge in [-0.05, 0) is 39.0 Å². The van der Waals surface area contributed by atoms with E-state index in [1.165, 1.54) is 23.5 Å². The molecule has 7 nitrogen and oxygen atoms in total. The van der Waals surface area contributed by atoms with Crippen LogP contribution in [0.4, 0.5) is 14.3 Å². The number of aromatic amines is 1.